The van der Waals surface area contributed by atoms with Crippen LogP contribution in [-0.4, -0.2) is 81.4 Å². The van der Waals surface area contributed by atoms with E-state index >= 15 is 0 Å². The average Bonchev–Trinajstić information content (AvgIpc) is 2.66. The van der Waals surface area contributed by atoms with Crippen LogP contribution in [-0.2, 0) is 28.7 Å². The maximum absolute atomic E-state index is 11.8. The molecule has 164 valence electrons. The van der Waals surface area contributed by atoms with Crippen molar-refractivity contribution in [3.8, 4) is 0 Å². The number of carbonyl (C=O) groups excluding carboxylic acids is 2. The number of hydrogen-bond donors (Lipinski definition) is 5. The van der Waals surface area contributed by atoms with Crippen molar-refractivity contribution in [1.82, 2.24) is 0 Å². The molecule has 0 aliphatic rings. The Morgan fingerprint density at radius 3 is 1.38 bits per heavy atom. The number of carbonyl (C=O) groups is 4. The molecule has 2 unspecified atom stereocenters. The molecule has 0 bridgehead atoms. The summed E-state index contributed by atoms with van der Waals surface area (Å²) >= 11 is 0. The second-order valence-corrected chi connectivity index (χ2v) is 6.53. The second kappa shape index (κ2) is 11.3. The van der Waals surface area contributed by atoms with Gasteiger partial charge in [0.1, 0.15) is 12.2 Å². The summed E-state index contributed by atoms with van der Waals surface area (Å²) in [4.78, 5) is 46.4. The third-order valence-electron chi connectivity index (χ3n) is 4.80. The van der Waals surface area contributed by atoms with Crippen LogP contribution >= 0.6 is 0 Å². The van der Waals surface area contributed by atoms with E-state index in [0.717, 1.165) is 0 Å². The zero-order valence-electron chi connectivity index (χ0n) is 15.9. The number of hydrogen-bond acceptors (Lipinski definition) is 9. The summed E-state index contributed by atoms with van der Waals surface area (Å²) in [5.41, 5.74) is -4.09. The van der Waals surface area contributed by atoms with E-state index in [2.05, 4.69) is 13.2 Å². The number of aliphatic hydroxyl groups is 3. The van der Waals surface area contributed by atoms with E-state index in [1.165, 1.54) is 6.92 Å². The second-order valence-electron chi connectivity index (χ2n) is 6.53. The lowest BCUT2D eigenvalue weighted by molar-refractivity contribution is -0.220. The predicted octanol–water partition coefficient (Wildman–Crippen LogP) is -0.899. The minimum Gasteiger partial charge on any atom is -0.481 e. The maximum Gasteiger partial charge on any atom is 0.330 e. The van der Waals surface area contributed by atoms with Crippen molar-refractivity contribution in [3.63, 3.8) is 0 Å². The molecule has 0 amide bonds. The monoisotopic (exact) mass is 418 g/mol. The van der Waals surface area contributed by atoms with E-state index in [9.17, 15) is 44.7 Å². The predicted molar refractivity (Wildman–Crippen MR) is 96.5 cm³/mol. The van der Waals surface area contributed by atoms with Crippen molar-refractivity contribution >= 4 is 23.9 Å². The largest absolute Gasteiger partial charge is 0.481 e. The van der Waals surface area contributed by atoms with Crippen LogP contribution in [0.15, 0.2) is 25.3 Å². The third-order valence-corrected chi connectivity index (χ3v) is 4.80. The molecule has 11 nitrogen and oxygen atoms in total. The Labute approximate surface area is 166 Å². The summed E-state index contributed by atoms with van der Waals surface area (Å²) in [6.45, 7) is 4.62. The Balaban J connectivity index is 6.91. The van der Waals surface area contributed by atoms with Crippen molar-refractivity contribution in [1.29, 1.82) is 0 Å². The summed E-state index contributed by atoms with van der Waals surface area (Å²) in [6.07, 6.45) is -4.15. The van der Waals surface area contributed by atoms with Gasteiger partial charge >= 0.3 is 23.9 Å². The highest BCUT2D eigenvalue weighted by atomic mass is 16.6. The fourth-order valence-corrected chi connectivity index (χ4v) is 3.08. The Bertz CT molecular complexity index is 594. The molecule has 0 spiro atoms. The highest BCUT2D eigenvalue weighted by Gasteiger charge is 2.61. The molecule has 5 N–H and O–H groups in total. The van der Waals surface area contributed by atoms with Gasteiger partial charge in [0.2, 0.25) is 0 Å². The standard InChI is InChI=1S/C18H26O11/c1-4-15(26)28-11(6-13(22)23)18(10-21,17(3,8-19)9-20)12(7-14(24)25)29-16(27)5-2/h4-5,11-12,19-21H,1-2,6-10H2,3H3,(H,22,23)(H,24,25). The lowest BCUT2D eigenvalue weighted by Gasteiger charge is -2.52. The minimum absolute atomic E-state index is 0.703. The van der Waals surface area contributed by atoms with E-state index in [4.69, 9.17) is 9.47 Å². The molecule has 0 aromatic carbocycles. The topological polar surface area (TPSA) is 188 Å². The molecule has 0 heterocycles. The van der Waals surface area contributed by atoms with Gasteiger partial charge in [-0.3, -0.25) is 9.59 Å². The van der Waals surface area contributed by atoms with Crippen molar-refractivity contribution in [2.24, 2.45) is 10.8 Å². The van der Waals surface area contributed by atoms with Gasteiger partial charge in [-0.2, -0.15) is 0 Å². The SMILES string of the molecule is C=CC(=O)OC(CC(=O)O)C(CO)(C(CC(=O)O)OC(=O)C=C)C(C)(CO)CO. The molecule has 0 aromatic heterocycles. The Morgan fingerprint density at radius 2 is 1.17 bits per heavy atom. The van der Waals surface area contributed by atoms with Gasteiger partial charge in [-0.05, 0) is 0 Å². The Morgan fingerprint density at radius 1 is 0.828 bits per heavy atom. The van der Waals surface area contributed by atoms with Gasteiger partial charge in [0, 0.05) is 17.6 Å². The molecule has 0 saturated heterocycles. The highest BCUT2D eigenvalue weighted by Crippen LogP contribution is 2.49. The van der Waals surface area contributed by atoms with Crippen molar-refractivity contribution in [2.75, 3.05) is 19.8 Å². The van der Waals surface area contributed by atoms with Crippen LogP contribution in [0, 0.1) is 10.8 Å². The van der Waals surface area contributed by atoms with Crippen LogP contribution in [0.2, 0.25) is 0 Å². The first kappa shape index (κ1) is 26.2. The molecule has 11 heteroatoms. The van der Waals surface area contributed by atoms with E-state index in [1.54, 1.807) is 0 Å². The molecular formula is C18H26O11. The number of ether oxygens (including phenoxy) is 2. The van der Waals surface area contributed by atoms with E-state index in [0.29, 0.717) is 12.2 Å². The molecule has 0 radical (unpaired) electrons. The zero-order chi connectivity index (χ0) is 22.8. The van der Waals surface area contributed by atoms with Crippen LogP contribution in [0.25, 0.3) is 0 Å². The van der Waals surface area contributed by atoms with Gasteiger partial charge in [0.05, 0.1) is 38.1 Å². The number of rotatable bonds is 14. The normalized spacial score (nSPS) is 15.3. The number of aliphatic carboxylic acids is 2. The first-order valence-corrected chi connectivity index (χ1v) is 8.40. The van der Waals surface area contributed by atoms with Crippen molar-refractivity contribution < 1.29 is 54.2 Å². The molecule has 0 saturated carbocycles. The molecule has 0 fully saturated rings. The van der Waals surface area contributed by atoms with Gasteiger partial charge < -0.3 is 35.0 Å². The van der Waals surface area contributed by atoms with Crippen LogP contribution in [0.4, 0.5) is 0 Å². The van der Waals surface area contributed by atoms with Gasteiger partial charge in [-0.1, -0.05) is 20.1 Å². The summed E-state index contributed by atoms with van der Waals surface area (Å²) in [7, 11) is 0. The van der Waals surface area contributed by atoms with Crippen LogP contribution in [0.5, 0.6) is 0 Å². The van der Waals surface area contributed by atoms with E-state index in [1.807, 2.05) is 0 Å². The summed E-state index contributed by atoms with van der Waals surface area (Å²) < 4.78 is 10.1. The molecule has 0 rings (SSSR count). The van der Waals surface area contributed by atoms with Crippen LogP contribution < -0.4 is 0 Å². The quantitative estimate of drug-likeness (QED) is 0.174. The fourth-order valence-electron chi connectivity index (χ4n) is 3.08. The van der Waals surface area contributed by atoms with Gasteiger partial charge in [0.25, 0.3) is 0 Å². The first-order chi connectivity index (χ1) is 13.5. The Hall–Kier alpha value is -2.76. The van der Waals surface area contributed by atoms with E-state index < -0.39 is 79.6 Å². The molecule has 29 heavy (non-hydrogen) atoms. The lowest BCUT2D eigenvalue weighted by atomic mass is 9.57. The fraction of sp³-hybridized carbons (Fsp3) is 0.556. The number of carboxylic acids is 2. The summed E-state index contributed by atoms with van der Waals surface area (Å²) in [6, 6.07) is 0. The summed E-state index contributed by atoms with van der Waals surface area (Å²) in [5, 5.41) is 48.6. The third kappa shape index (κ3) is 6.11. The average molecular weight is 418 g/mol. The molecule has 0 aliphatic heterocycles. The minimum atomic E-state index is -2.23. The number of esters is 2. The van der Waals surface area contributed by atoms with Gasteiger partial charge in [-0.25, -0.2) is 9.59 Å². The smallest absolute Gasteiger partial charge is 0.330 e. The molecule has 0 aliphatic carbocycles. The first-order valence-electron chi connectivity index (χ1n) is 8.40. The van der Waals surface area contributed by atoms with E-state index in [-0.39, 0.29) is 0 Å². The van der Waals surface area contributed by atoms with Crippen molar-refractivity contribution in [3.05, 3.63) is 25.3 Å². The van der Waals surface area contributed by atoms with Gasteiger partial charge in [0.15, 0.2) is 0 Å². The Kier molecular flexibility index (Phi) is 10.2. The van der Waals surface area contributed by atoms with Crippen molar-refractivity contribution in [2.45, 2.75) is 32.0 Å². The maximum atomic E-state index is 11.8. The van der Waals surface area contributed by atoms with Crippen LogP contribution in [0.3, 0.4) is 0 Å². The molecular weight excluding hydrogens is 392 g/mol. The highest BCUT2D eigenvalue weighted by molar-refractivity contribution is 5.82. The number of carboxylic acid groups (broad SMARTS) is 2. The number of aliphatic hydroxyl groups excluding tert-OH is 3. The molecule has 2 atom stereocenters. The van der Waals surface area contributed by atoms with Crippen LogP contribution in [0.1, 0.15) is 19.8 Å². The molecule has 0 aromatic rings. The van der Waals surface area contributed by atoms with Gasteiger partial charge in [-0.15, -0.1) is 0 Å². The lowest BCUT2D eigenvalue weighted by Crippen LogP contribution is -2.63. The zero-order valence-corrected chi connectivity index (χ0v) is 15.9. The summed E-state index contributed by atoms with van der Waals surface area (Å²) in [5.74, 6) is -5.24.